The predicted octanol–water partition coefficient (Wildman–Crippen LogP) is 6.06. The van der Waals surface area contributed by atoms with Crippen molar-refractivity contribution in [3.8, 4) is 5.75 Å². The highest BCUT2D eigenvalue weighted by molar-refractivity contribution is 6.35. The van der Waals surface area contributed by atoms with Gasteiger partial charge in [0.25, 0.3) is 5.91 Å². The first kappa shape index (κ1) is 28.9. The lowest BCUT2D eigenvalue weighted by atomic mass is 9.84. The molecule has 3 N–H and O–H groups in total. The van der Waals surface area contributed by atoms with Crippen LogP contribution in [0.1, 0.15) is 35.6 Å². The molecule has 1 aliphatic rings. The first-order valence-corrected chi connectivity index (χ1v) is 13.4. The van der Waals surface area contributed by atoms with Crippen molar-refractivity contribution in [1.82, 2.24) is 10.9 Å². The number of aliphatic hydroxyl groups excluding tert-OH is 1. The van der Waals surface area contributed by atoms with Gasteiger partial charge >= 0.3 is 0 Å². The molecule has 0 aromatic heterocycles. The minimum atomic E-state index is -1.40. The molecule has 0 radical (unpaired) electrons. The van der Waals surface area contributed by atoms with Crippen molar-refractivity contribution in [2.45, 2.75) is 31.0 Å². The predicted molar refractivity (Wildman–Crippen MR) is 154 cm³/mol. The van der Waals surface area contributed by atoms with Gasteiger partial charge in [-0.2, -0.15) is 0 Å². The Morgan fingerprint density at radius 2 is 1.79 bits per heavy atom. The number of hydrogen-bond donors (Lipinski definition) is 3. The summed E-state index contributed by atoms with van der Waals surface area (Å²) in [7, 11) is 0. The van der Waals surface area contributed by atoms with E-state index in [1.165, 1.54) is 0 Å². The van der Waals surface area contributed by atoms with E-state index in [-0.39, 0.29) is 18.9 Å². The maximum Gasteiger partial charge on any atom is 0.266 e. The number of amides is 1. The number of carbonyl (C=O) groups excluding carboxylic acids is 1. The van der Waals surface area contributed by atoms with Gasteiger partial charge in [-0.1, -0.05) is 59.1 Å². The van der Waals surface area contributed by atoms with E-state index >= 15 is 0 Å². The van der Waals surface area contributed by atoms with Crippen LogP contribution in [0.2, 0.25) is 15.1 Å². The highest BCUT2D eigenvalue weighted by atomic mass is 35.5. The Balaban J connectivity index is 1.64. The molecular formula is C29H28Cl3N3O4. The standard InChI is InChI=1S/C29H28Cl3N3O4/c1-2-14-29(28(37)35-33-18-19-4-8-21(30)9-5-19)26(24-13-10-22(31)17-25(24)32)39-27(34-29)20-6-11-23(12-7-20)38-16-3-15-36/h2,4-13,17,26,33,36H,1,3,14-16,18H2,(H,35,37)/t26-,29-/m0/s1. The van der Waals surface area contributed by atoms with Gasteiger partial charge in [0.05, 0.1) is 6.61 Å². The van der Waals surface area contributed by atoms with Gasteiger partial charge in [0.2, 0.25) is 5.90 Å². The van der Waals surface area contributed by atoms with E-state index in [0.717, 1.165) is 5.56 Å². The van der Waals surface area contributed by atoms with Crippen molar-refractivity contribution in [3.63, 3.8) is 0 Å². The van der Waals surface area contributed by atoms with Gasteiger partial charge in [-0.05, 0) is 54.1 Å². The Bertz CT molecular complexity index is 1330. The first-order valence-electron chi connectivity index (χ1n) is 12.3. The molecule has 10 heteroatoms. The normalized spacial score (nSPS) is 18.3. The van der Waals surface area contributed by atoms with Crippen LogP contribution < -0.4 is 15.6 Å². The van der Waals surface area contributed by atoms with Crippen molar-refractivity contribution in [3.05, 3.63) is 111 Å². The number of halogens is 3. The average molecular weight is 589 g/mol. The van der Waals surface area contributed by atoms with Gasteiger partial charge in [-0.3, -0.25) is 10.2 Å². The molecule has 1 heterocycles. The van der Waals surface area contributed by atoms with Crippen LogP contribution in [0.5, 0.6) is 5.75 Å². The lowest BCUT2D eigenvalue weighted by Crippen LogP contribution is -2.52. The SMILES string of the molecule is C=CC[C@]1(C(=O)NNCc2ccc(Cl)cc2)N=C(c2ccc(OCCCO)cc2)O[C@H]1c1ccc(Cl)cc1Cl. The van der Waals surface area contributed by atoms with Gasteiger partial charge in [-0.25, -0.2) is 10.4 Å². The molecule has 2 atom stereocenters. The minimum Gasteiger partial charge on any atom is -0.494 e. The highest BCUT2D eigenvalue weighted by Gasteiger charge is 2.53. The molecule has 3 aromatic rings. The van der Waals surface area contributed by atoms with E-state index in [1.807, 2.05) is 12.1 Å². The molecule has 0 bridgehead atoms. The molecule has 0 saturated heterocycles. The van der Waals surface area contributed by atoms with Crippen molar-refractivity contribution in [1.29, 1.82) is 0 Å². The lowest BCUT2D eigenvalue weighted by Gasteiger charge is -2.30. The zero-order valence-corrected chi connectivity index (χ0v) is 23.3. The largest absolute Gasteiger partial charge is 0.494 e. The third-order valence-corrected chi connectivity index (χ3v) is 6.95. The minimum absolute atomic E-state index is 0.0549. The lowest BCUT2D eigenvalue weighted by molar-refractivity contribution is -0.129. The molecule has 3 aromatic carbocycles. The summed E-state index contributed by atoms with van der Waals surface area (Å²) in [6, 6.07) is 19.5. The van der Waals surface area contributed by atoms with Crippen molar-refractivity contribution in [2.24, 2.45) is 4.99 Å². The second-order valence-electron chi connectivity index (χ2n) is 8.88. The number of ether oxygens (including phenoxy) is 2. The molecular weight excluding hydrogens is 561 g/mol. The van der Waals surface area contributed by atoms with E-state index in [2.05, 4.69) is 17.4 Å². The Morgan fingerprint density at radius 3 is 2.46 bits per heavy atom. The van der Waals surface area contributed by atoms with Crippen molar-refractivity contribution in [2.75, 3.05) is 13.2 Å². The number of rotatable bonds is 12. The zero-order valence-electron chi connectivity index (χ0n) is 21.0. The van der Waals surface area contributed by atoms with Gasteiger partial charge in [-0.15, -0.1) is 6.58 Å². The van der Waals surface area contributed by atoms with Crippen molar-refractivity contribution >= 4 is 46.6 Å². The molecule has 0 unspecified atom stereocenters. The third-order valence-electron chi connectivity index (χ3n) is 6.14. The summed E-state index contributed by atoms with van der Waals surface area (Å²) >= 11 is 18.7. The number of benzene rings is 3. The molecule has 4 rings (SSSR count). The summed E-state index contributed by atoms with van der Waals surface area (Å²) in [6.45, 7) is 4.69. The summed E-state index contributed by atoms with van der Waals surface area (Å²) in [6.07, 6.45) is 1.49. The second kappa shape index (κ2) is 13.3. The van der Waals surface area contributed by atoms with Gasteiger partial charge in [0.1, 0.15) is 5.75 Å². The summed E-state index contributed by atoms with van der Waals surface area (Å²) in [4.78, 5) is 18.6. The van der Waals surface area contributed by atoms with Crippen LogP contribution in [0.4, 0.5) is 0 Å². The topological polar surface area (TPSA) is 92.2 Å². The van der Waals surface area contributed by atoms with Crippen LogP contribution in [-0.2, 0) is 16.1 Å². The number of hydrogen-bond acceptors (Lipinski definition) is 6. The Labute approximate surface area is 242 Å². The summed E-state index contributed by atoms with van der Waals surface area (Å²) in [5.74, 6) is 0.513. The molecule has 0 spiro atoms. The molecule has 39 heavy (non-hydrogen) atoms. The molecule has 0 aliphatic carbocycles. The number of aliphatic hydroxyl groups is 1. The van der Waals surface area contributed by atoms with Crippen LogP contribution in [0, 0.1) is 0 Å². The third kappa shape index (κ3) is 6.93. The zero-order chi connectivity index (χ0) is 27.8. The number of nitrogens with zero attached hydrogens (tertiary/aromatic N) is 1. The fraction of sp³-hybridized carbons (Fsp3) is 0.241. The number of nitrogens with one attached hydrogen (secondary N) is 2. The monoisotopic (exact) mass is 587 g/mol. The quantitative estimate of drug-likeness (QED) is 0.136. The van der Waals surface area contributed by atoms with Crippen molar-refractivity contribution < 1.29 is 19.4 Å². The van der Waals surface area contributed by atoms with E-state index in [0.29, 0.717) is 51.5 Å². The van der Waals surface area contributed by atoms with Crippen LogP contribution in [0.25, 0.3) is 0 Å². The molecule has 1 amide bonds. The van der Waals surface area contributed by atoms with E-state index in [1.54, 1.807) is 60.7 Å². The van der Waals surface area contributed by atoms with Crippen LogP contribution in [-0.4, -0.2) is 35.7 Å². The Kier molecular flexibility index (Phi) is 9.88. The van der Waals surface area contributed by atoms with E-state index in [4.69, 9.17) is 54.4 Å². The van der Waals surface area contributed by atoms with Gasteiger partial charge in [0, 0.05) is 52.2 Å². The fourth-order valence-electron chi connectivity index (χ4n) is 4.16. The molecule has 0 saturated carbocycles. The smallest absolute Gasteiger partial charge is 0.266 e. The fourth-order valence-corrected chi connectivity index (χ4v) is 4.80. The number of carbonyl (C=O) groups is 1. The van der Waals surface area contributed by atoms with Crippen LogP contribution in [0.15, 0.2) is 84.4 Å². The molecule has 204 valence electrons. The van der Waals surface area contributed by atoms with Gasteiger partial charge in [0.15, 0.2) is 11.6 Å². The average Bonchev–Trinajstić information content (AvgIpc) is 3.31. The summed E-state index contributed by atoms with van der Waals surface area (Å²) in [5.41, 5.74) is 6.52. The molecule has 7 nitrogen and oxygen atoms in total. The number of hydrazine groups is 1. The Morgan fingerprint density at radius 1 is 1.08 bits per heavy atom. The highest BCUT2D eigenvalue weighted by Crippen LogP contribution is 2.45. The maximum absolute atomic E-state index is 13.8. The van der Waals surface area contributed by atoms with Crippen LogP contribution >= 0.6 is 34.8 Å². The number of aliphatic imine (C=N–C) groups is 1. The van der Waals surface area contributed by atoms with E-state index < -0.39 is 17.6 Å². The first-order chi connectivity index (χ1) is 18.9. The molecule has 1 aliphatic heterocycles. The van der Waals surface area contributed by atoms with E-state index in [9.17, 15) is 4.79 Å². The second-order valence-corrected chi connectivity index (χ2v) is 10.2. The Hall–Kier alpha value is -3.07. The molecule has 0 fully saturated rings. The summed E-state index contributed by atoms with van der Waals surface area (Å²) < 4.78 is 12.0. The summed E-state index contributed by atoms with van der Waals surface area (Å²) in [5, 5.41) is 10.4. The maximum atomic E-state index is 13.8. The van der Waals surface area contributed by atoms with Crippen LogP contribution in [0.3, 0.4) is 0 Å². The van der Waals surface area contributed by atoms with Gasteiger partial charge < -0.3 is 14.6 Å².